The summed E-state index contributed by atoms with van der Waals surface area (Å²) >= 11 is 0. The van der Waals surface area contributed by atoms with Crippen LogP contribution in [0.15, 0.2) is 28.9 Å². The van der Waals surface area contributed by atoms with E-state index in [4.69, 9.17) is 4.52 Å². The predicted octanol–water partition coefficient (Wildman–Crippen LogP) is 2.85. The standard InChI is InChI=1S/C17H21N5O2/c1-10(2)9-13(16-20-19-14-7-5-6-8-22(14)16)18-17(23)15-11(3)21-24-12(15)4/h5-8,10,13H,9H2,1-4H3,(H,18,23)/t13-/m1/s1. The molecule has 1 amide bonds. The molecule has 0 saturated heterocycles. The number of carbonyl (C=O) groups excluding carboxylic acids is 1. The van der Waals surface area contributed by atoms with Crippen LogP contribution >= 0.6 is 0 Å². The van der Waals surface area contributed by atoms with Crippen molar-refractivity contribution in [1.82, 2.24) is 25.1 Å². The monoisotopic (exact) mass is 327 g/mol. The molecule has 3 aromatic heterocycles. The highest BCUT2D eigenvalue weighted by Crippen LogP contribution is 2.22. The number of aryl methyl sites for hydroxylation is 2. The molecule has 1 atom stereocenters. The topological polar surface area (TPSA) is 85.3 Å². The lowest BCUT2D eigenvalue weighted by atomic mass is 10.0. The molecule has 7 heteroatoms. The third-order valence-electron chi connectivity index (χ3n) is 3.92. The molecule has 3 rings (SSSR count). The average Bonchev–Trinajstić information content (AvgIpc) is 3.09. The summed E-state index contributed by atoms with van der Waals surface area (Å²) in [6.07, 6.45) is 2.66. The molecule has 1 N–H and O–H groups in total. The summed E-state index contributed by atoms with van der Waals surface area (Å²) in [7, 11) is 0. The van der Waals surface area contributed by atoms with Gasteiger partial charge < -0.3 is 9.84 Å². The van der Waals surface area contributed by atoms with Gasteiger partial charge in [-0.3, -0.25) is 9.20 Å². The number of aromatic nitrogens is 4. The maximum Gasteiger partial charge on any atom is 0.257 e. The van der Waals surface area contributed by atoms with Crippen molar-refractivity contribution in [3.63, 3.8) is 0 Å². The molecule has 0 aromatic carbocycles. The summed E-state index contributed by atoms with van der Waals surface area (Å²) in [5, 5.41) is 15.4. The van der Waals surface area contributed by atoms with Gasteiger partial charge in [-0.2, -0.15) is 0 Å². The van der Waals surface area contributed by atoms with E-state index in [2.05, 4.69) is 34.5 Å². The van der Waals surface area contributed by atoms with Crippen LogP contribution in [0.4, 0.5) is 0 Å². The number of pyridine rings is 1. The third-order valence-corrected chi connectivity index (χ3v) is 3.92. The first-order valence-electron chi connectivity index (χ1n) is 8.00. The lowest BCUT2D eigenvalue weighted by molar-refractivity contribution is 0.0927. The van der Waals surface area contributed by atoms with E-state index in [1.54, 1.807) is 13.8 Å². The first-order valence-corrected chi connectivity index (χ1v) is 8.00. The predicted molar refractivity (Wildman–Crippen MR) is 88.6 cm³/mol. The summed E-state index contributed by atoms with van der Waals surface area (Å²) in [6.45, 7) is 7.71. The Morgan fingerprint density at radius 2 is 2.08 bits per heavy atom. The molecule has 3 aromatic rings. The van der Waals surface area contributed by atoms with Crippen LogP contribution in [0.5, 0.6) is 0 Å². The number of hydrogen-bond donors (Lipinski definition) is 1. The van der Waals surface area contributed by atoms with Crippen LogP contribution in [0, 0.1) is 19.8 Å². The van der Waals surface area contributed by atoms with E-state index in [9.17, 15) is 4.79 Å². The van der Waals surface area contributed by atoms with Crippen molar-refractivity contribution in [2.75, 3.05) is 0 Å². The smallest absolute Gasteiger partial charge is 0.257 e. The molecule has 0 fully saturated rings. The van der Waals surface area contributed by atoms with E-state index in [0.717, 1.165) is 17.9 Å². The fourth-order valence-corrected chi connectivity index (χ4v) is 2.84. The lowest BCUT2D eigenvalue weighted by Gasteiger charge is -2.19. The van der Waals surface area contributed by atoms with Gasteiger partial charge in [-0.05, 0) is 38.3 Å². The van der Waals surface area contributed by atoms with E-state index in [1.165, 1.54) is 0 Å². The van der Waals surface area contributed by atoms with Crippen molar-refractivity contribution in [2.24, 2.45) is 5.92 Å². The molecule has 3 heterocycles. The van der Waals surface area contributed by atoms with Crippen LogP contribution < -0.4 is 5.32 Å². The van der Waals surface area contributed by atoms with Crippen molar-refractivity contribution >= 4 is 11.6 Å². The van der Waals surface area contributed by atoms with Gasteiger partial charge in [-0.25, -0.2) is 0 Å². The first kappa shape index (κ1) is 16.2. The van der Waals surface area contributed by atoms with Gasteiger partial charge in [0, 0.05) is 6.20 Å². The molecular weight excluding hydrogens is 306 g/mol. The number of hydrogen-bond acceptors (Lipinski definition) is 5. The summed E-state index contributed by atoms with van der Waals surface area (Å²) in [6, 6.07) is 5.47. The summed E-state index contributed by atoms with van der Waals surface area (Å²) in [4.78, 5) is 12.7. The minimum absolute atomic E-state index is 0.204. The molecule has 24 heavy (non-hydrogen) atoms. The Hall–Kier alpha value is -2.70. The van der Waals surface area contributed by atoms with Crippen LogP contribution in [0.1, 0.15) is 53.9 Å². The highest BCUT2D eigenvalue weighted by molar-refractivity contribution is 5.96. The van der Waals surface area contributed by atoms with E-state index >= 15 is 0 Å². The Bertz CT molecular complexity index is 845. The Kier molecular flexibility index (Phi) is 4.33. The van der Waals surface area contributed by atoms with Gasteiger partial charge in [0.15, 0.2) is 11.5 Å². The van der Waals surface area contributed by atoms with E-state index in [1.807, 2.05) is 28.8 Å². The minimum atomic E-state index is -0.247. The molecule has 0 aliphatic carbocycles. The third kappa shape index (κ3) is 3.02. The van der Waals surface area contributed by atoms with Crippen molar-refractivity contribution < 1.29 is 9.32 Å². The van der Waals surface area contributed by atoms with Crippen LogP contribution in [0.25, 0.3) is 5.65 Å². The number of nitrogens with one attached hydrogen (secondary N) is 1. The molecule has 0 spiro atoms. The summed E-state index contributed by atoms with van der Waals surface area (Å²) in [5.74, 6) is 1.42. The van der Waals surface area contributed by atoms with Gasteiger partial charge in [0.1, 0.15) is 11.3 Å². The number of amides is 1. The van der Waals surface area contributed by atoms with Gasteiger partial charge in [-0.15, -0.1) is 10.2 Å². The zero-order chi connectivity index (χ0) is 17.3. The van der Waals surface area contributed by atoms with Gasteiger partial charge in [0.05, 0.1) is 11.7 Å². The lowest BCUT2D eigenvalue weighted by Crippen LogP contribution is -2.31. The number of rotatable bonds is 5. The Morgan fingerprint density at radius 3 is 2.75 bits per heavy atom. The normalized spacial score (nSPS) is 12.7. The summed E-state index contributed by atoms with van der Waals surface area (Å²) < 4.78 is 7.00. The molecule has 7 nitrogen and oxygen atoms in total. The van der Waals surface area contributed by atoms with Crippen LogP contribution in [-0.2, 0) is 0 Å². The highest BCUT2D eigenvalue weighted by Gasteiger charge is 2.25. The Balaban J connectivity index is 1.94. The molecule has 0 aliphatic rings. The highest BCUT2D eigenvalue weighted by atomic mass is 16.5. The molecule has 0 radical (unpaired) electrons. The van der Waals surface area contributed by atoms with Crippen molar-refractivity contribution in [2.45, 2.75) is 40.2 Å². The molecule has 126 valence electrons. The Labute approximate surface area is 140 Å². The largest absolute Gasteiger partial charge is 0.361 e. The minimum Gasteiger partial charge on any atom is -0.361 e. The second kappa shape index (κ2) is 6.43. The van der Waals surface area contributed by atoms with Crippen LogP contribution in [0.3, 0.4) is 0 Å². The van der Waals surface area contributed by atoms with Crippen LogP contribution in [0.2, 0.25) is 0 Å². The average molecular weight is 327 g/mol. The zero-order valence-corrected chi connectivity index (χ0v) is 14.3. The maximum atomic E-state index is 12.7. The molecule has 0 unspecified atom stereocenters. The fraction of sp³-hybridized carbons (Fsp3) is 0.412. The Morgan fingerprint density at radius 1 is 1.29 bits per heavy atom. The van der Waals surface area contributed by atoms with Crippen molar-refractivity contribution in [3.05, 3.63) is 47.2 Å². The van der Waals surface area contributed by atoms with Gasteiger partial charge in [0.2, 0.25) is 0 Å². The second-order valence-electron chi connectivity index (χ2n) is 6.34. The van der Waals surface area contributed by atoms with Crippen molar-refractivity contribution in [3.8, 4) is 0 Å². The summed E-state index contributed by atoms with van der Waals surface area (Å²) in [5.41, 5.74) is 1.82. The van der Waals surface area contributed by atoms with E-state index in [-0.39, 0.29) is 11.9 Å². The van der Waals surface area contributed by atoms with Crippen LogP contribution in [-0.4, -0.2) is 25.7 Å². The number of nitrogens with zero attached hydrogens (tertiary/aromatic N) is 4. The SMILES string of the molecule is Cc1noc(C)c1C(=O)N[C@H](CC(C)C)c1nnc2ccccn12. The van der Waals surface area contributed by atoms with Gasteiger partial charge >= 0.3 is 0 Å². The molecule has 0 aliphatic heterocycles. The maximum absolute atomic E-state index is 12.7. The van der Waals surface area contributed by atoms with Crippen molar-refractivity contribution in [1.29, 1.82) is 0 Å². The molecule has 0 bridgehead atoms. The quantitative estimate of drug-likeness (QED) is 0.779. The zero-order valence-electron chi connectivity index (χ0n) is 14.3. The molecule has 0 saturated carbocycles. The second-order valence-corrected chi connectivity index (χ2v) is 6.34. The van der Waals surface area contributed by atoms with E-state index < -0.39 is 0 Å². The van der Waals surface area contributed by atoms with Gasteiger partial charge in [-0.1, -0.05) is 25.1 Å². The fourth-order valence-electron chi connectivity index (χ4n) is 2.84. The number of fused-ring (bicyclic) bond motifs is 1. The van der Waals surface area contributed by atoms with E-state index in [0.29, 0.717) is 22.9 Å². The molecular formula is C17H21N5O2. The first-order chi connectivity index (χ1) is 11.5. The van der Waals surface area contributed by atoms with Gasteiger partial charge in [0.25, 0.3) is 5.91 Å². The number of carbonyl (C=O) groups is 1.